The van der Waals surface area contributed by atoms with Gasteiger partial charge in [-0.25, -0.2) is 0 Å². The number of phenols is 1. The minimum atomic E-state index is -0.910. The number of hydrogen-bond acceptors (Lipinski definition) is 4. The number of aromatic hydroxyl groups is 1. The average molecular weight is 348 g/mol. The van der Waals surface area contributed by atoms with E-state index in [0.29, 0.717) is 16.3 Å². The highest BCUT2D eigenvalue weighted by Gasteiger charge is 2.17. The van der Waals surface area contributed by atoms with Crippen LogP contribution in [0.5, 0.6) is 5.75 Å². The van der Waals surface area contributed by atoms with Crippen LogP contribution in [-0.2, 0) is 16.2 Å². The number of phenolic OH excluding ortho intramolecular Hbond substituents is 1. The van der Waals surface area contributed by atoms with Crippen LogP contribution in [0.3, 0.4) is 0 Å². The summed E-state index contributed by atoms with van der Waals surface area (Å²) in [6.07, 6.45) is -0.0655. The molecule has 2 N–H and O–H groups in total. The van der Waals surface area contributed by atoms with Crippen LogP contribution < -0.4 is 0 Å². The molecule has 5 nitrogen and oxygen atoms in total. The van der Waals surface area contributed by atoms with Crippen molar-refractivity contribution in [3.63, 3.8) is 0 Å². The maximum absolute atomic E-state index is 11.0. The zero-order valence-electron chi connectivity index (χ0n) is 13.1. The normalized spacial score (nSPS) is 12.7. The lowest BCUT2D eigenvalue weighted by atomic mass is 9.95. The monoisotopic (exact) mass is 347 g/mol. The third-order valence-corrected chi connectivity index (χ3v) is 3.67. The summed E-state index contributed by atoms with van der Waals surface area (Å²) in [6.45, 7) is 2.02. The first-order chi connectivity index (χ1) is 11.5. The van der Waals surface area contributed by atoms with Crippen LogP contribution in [0.4, 0.5) is 0 Å². The summed E-state index contributed by atoms with van der Waals surface area (Å²) < 4.78 is 0. The summed E-state index contributed by atoms with van der Waals surface area (Å²) in [5.41, 5.74) is 2.13. The Labute approximate surface area is 145 Å². The molecule has 0 saturated heterocycles. The van der Waals surface area contributed by atoms with E-state index >= 15 is 0 Å². The maximum atomic E-state index is 11.0. The summed E-state index contributed by atoms with van der Waals surface area (Å²) in [7, 11) is 0. The highest BCUT2D eigenvalue weighted by atomic mass is 35.5. The van der Waals surface area contributed by atoms with Gasteiger partial charge in [-0.3, -0.25) is 4.79 Å². The van der Waals surface area contributed by atoms with Gasteiger partial charge in [0.1, 0.15) is 12.4 Å². The van der Waals surface area contributed by atoms with Crippen LogP contribution in [0.2, 0.25) is 5.02 Å². The standard InChI is InChI=1S/C18H18ClNO4/c1-12(10-17(22)23)18(14-4-8-16(21)9-5-14)20-24-11-13-2-6-15(19)7-3-13/h2-9,12,21H,10-11H2,1H3,(H,22,23)/b20-18+. The van der Waals surface area contributed by atoms with Gasteiger partial charge in [0, 0.05) is 10.9 Å². The number of aliphatic carboxylic acids is 1. The molecule has 0 aliphatic rings. The highest BCUT2D eigenvalue weighted by Crippen LogP contribution is 2.18. The number of carboxylic acid groups (broad SMARTS) is 1. The smallest absolute Gasteiger partial charge is 0.304 e. The third-order valence-electron chi connectivity index (χ3n) is 3.42. The number of benzene rings is 2. The second-order valence-electron chi connectivity index (χ2n) is 5.42. The summed E-state index contributed by atoms with van der Waals surface area (Å²) in [4.78, 5) is 16.4. The first kappa shape index (κ1) is 17.8. The Kier molecular flexibility index (Phi) is 6.21. The number of halogens is 1. The molecule has 0 aliphatic carbocycles. The molecule has 24 heavy (non-hydrogen) atoms. The fourth-order valence-corrected chi connectivity index (χ4v) is 2.30. The van der Waals surface area contributed by atoms with Gasteiger partial charge >= 0.3 is 5.97 Å². The predicted molar refractivity (Wildman–Crippen MR) is 92.3 cm³/mol. The van der Waals surface area contributed by atoms with Gasteiger partial charge in [0.25, 0.3) is 0 Å². The van der Waals surface area contributed by atoms with E-state index in [2.05, 4.69) is 5.16 Å². The molecule has 0 radical (unpaired) electrons. The summed E-state index contributed by atoms with van der Waals surface area (Å²) in [5, 5.41) is 23.2. The molecule has 0 spiro atoms. The van der Waals surface area contributed by atoms with Crippen molar-refractivity contribution in [1.82, 2.24) is 0 Å². The van der Waals surface area contributed by atoms with Crippen molar-refractivity contribution in [3.05, 3.63) is 64.7 Å². The molecule has 0 amide bonds. The number of oxime groups is 1. The predicted octanol–water partition coefficient (Wildman–Crippen LogP) is 4.08. The molecule has 0 aliphatic heterocycles. The van der Waals surface area contributed by atoms with Gasteiger partial charge < -0.3 is 15.1 Å². The molecule has 1 unspecified atom stereocenters. The molecule has 2 rings (SSSR count). The fourth-order valence-electron chi connectivity index (χ4n) is 2.17. The minimum Gasteiger partial charge on any atom is -0.508 e. The molecule has 6 heteroatoms. The summed E-state index contributed by atoms with van der Waals surface area (Å²) in [6, 6.07) is 13.6. The molecule has 0 bridgehead atoms. The average Bonchev–Trinajstić information content (AvgIpc) is 2.54. The van der Waals surface area contributed by atoms with Crippen LogP contribution in [0.1, 0.15) is 24.5 Å². The van der Waals surface area contributed by atoms with Crippen LogP contribution in [-0.4, -0.2) is 21.9 Å². The highest BCUT2D eigenvalue weighted by molar-refractivity contribution is 6.30. The van der Waals surface area contributed by atoms with Gasteiger partial charge in [0.15, 0.2) is 0 Å². The second kappa shape index (κ2) is 8.36. The van der Waals surface area contributed by atoms with Gasteiger partial charge in [-0.15, -0.1) is 0 Å². The lowest BCUT2D eigenvalue weighted by molar-refractivity contribution is -0.137. The Morgan fingerprint density at radius 2 is 1.79 bits per heavy atom. The van der Waals surface area contributed by atoms with Crippen molar-refractivity contribution < 1.29 is 19.8 Å². The van der Waals surface area contributed by atoms with Crippen molar-refractivity contribution >= 4 is 23.3 Å². The van der Waals surface area contributed by atoms with Crippen molar-refractivity contribution in [3.8, 4) is 5.75 Å². The van der Waals surface area contributed by atoms with E-state index < -0.39 is 5.97 Å². The van der Waals surface area contributed by atoms with Gasteiger partial charge in [0.05, 0.1) is 12.1 Å². The first-order valence-electron chi connectivity index (χ1n) is 7.41. The molecule has 0 fully saturated rings. The van der Waals surface area contributed by atoms with Crippen LogP contribution in [0.15, 0.2) is 53.7 Å². The zero-order chi connectivity index (χ0) is 17.5. The maximum Gasteiger partial charge on any atom is 0.304 e. The van der Waals surface area contributed by atoms with Gasteiger partial charge in [0.2, 0.25) is 0 Å². The molecule has 2 aromatic rings. The van der Waals surface area contributed by atoms with E-state index in [1.54, 1.807) is 31.2 Å². The lowest BCUT2D eigenvalue weighted by Crippen LogP contribution is -2.17. The van der Waals surface area contributed by atoms with Crippen molar-refractivity contribution in [2.75, 3.05) is 0 Å². The van der Waals surface area contributed by atoms with E-state index in [0.717, 1.165) is 5.56 Å². The molecular weight excluding hydrogens is 330 g/mol. The molecule has 1 atom stereocenters. The Hall–Kier alpha value is -2.53. The third kappa shape index (κ3) is 5.28. The summed E-state index contributed by atoms with van der Waals surface area (Å²) in [5.74, 6) is -1.12. The quantitative estimate of drug-likeness (QED) is 0.584. The largest absolute Gasteiger partial charge is 0.508 e. The molecular formula is C18H18ClNO4. The molecule has 126 valence electrons. The van der Waals surface area contributed by atoms with Crippen molar-refractivity contribution in [2.24, 2.45) is 11.1 Å². The van der Waals surface area contributed by atoms with Gasteiger partial charge in [-0.05, 0) is 47.5 Å². The fraction of sp³-hybridized carbons (Fsp3) is 0.222. The number of rotatable bonds is 7. The van der Waals surface area contributed by atoms with E-state index in [1.165, 1.54) is 12.1 Å². The Morgan fingerprint density at radius 3 is 2.38 bits per heavy atom. The van der Waals surface area contributed by atoms with E-state index in [4.69, 9.17) is 21.5 Å². The number of carboxylic acids is 1. The van der Waals surface area contributed by atoms with E-state index in [-0.39, 0.29) is 24.7 Å². The molecule has 0 heterocycles. The Morgan fingerprint density at radius 1 is 1.17 bits per heavy atom. The number of nitrogens with zero attached hydrogens (tertiary/aromatic N) is 1. The van der Waals surface area contributed by atoms with E-state index in [1.807, 2.05) is 12.1 Å². The first-order valence-corrected chi connectivity index (χ1v) is 7.79. The topological polar surface area (TPSA) is 79.1 Å². The summed E-state index contributed by atoms with van der Waals surface area (Å²) >= 11 is 5.83. The van der Waals surface area contributed by atoms with Crippen LogP contribution in [0.25, 0.3) is 0 Å². The minimum absolute atomic E-state index is 0.0655. The van der Waals surface area contributed by atoms with Crippen molar-refractivity contribution in [1.29, 1.82) is 0 Å². The Balaban J connectivity index is 2.15. The second-order valence-corrected chi connectivity index (χ2v) is 5.86. The van der Waals surface area contributed by atoms with Crippen LogP contribution in [0, 0.1) is 5.92 Å². The molecule has 0 aromatic heterocycles. The van der Waals surface area contributed by atoms with Gasteiger partial charge in [-0.2, -0.15) is 0 Å². The van der Waals surface area contributed by atoms with E-state index in [9.17, 15) is 9.90 Å². The van der Waals surface area contributed by atoms with Gasteiger partial charge in [-0.1, -0.05) is 35.8 Å². The number of carbonyl (C=O) groups is 1. The lowest BCUT2D eigenvalue weighted by Gasteiger charge is -2.13. The Bertz CT molecular complexity index is 711. The van der Waals surface area contributed by atoms with Crippen LogP contribution >= 0.6 is 11.6 Å². The van der Waals surface area contributed by atoms with Crippen molar-refractivity contribution in [2.45, 2.75) is 20.0 Å². The molecule has 0 saturated carbocycles. The number of hydrogen-bond donors (Lipinski definition) is 2. The molecule has 2 aromatic carbocycles. The SMILES string of the molecule is CC(CC(=O)O)/C(=N\OCc1ccc(Cl)cc1)c1ccc(O)cc1. The zero-order valence-corrected chi connectivity index (χ0v) is 13.9.